The summed E-state index contributed by atoms with van der Waals surface area (Å²) in [7, 11) is 4.07. The number of aromatic nitrogens is 3. The zero-order valence-electron chi connectivity index (χ0n) is 16.0. The molecule has 1 unspecified atom stereocenters. The Morgan fingerprint density at radius 1 is 1.30 bits per heavy atom. The van der Waals surface area contributed by atoms with Crippen LogP contribution >= 0.6 is 0 Å². The lowest BCUT2D eigenvalue weighted by atomic mass is 9.94. The topological polar surface area (TPSA) is 48.1 Å². The molecule has 1 fully saturated rings. The maximum absolute atomic E-state index is 13.4. The van der Waals surface area contributed by atoms with Gasteiger partial charge in [-0.05, 0) is 49.6 Å². The number of halogens is 1. The molecule has 5 nitrogen and oxygen atoms in total. The fourth-order valence-electron chi connectivity index (χ4n) is 4.06. The lowest BCUT2D eigenvalue weighted by molar-refractivity contribution is 0.166. The van der Waals surface area contributed by atoms with Gasteiger partial charge in [0.2, 0.25) is 0 Å². The van der Waals surface area contributed by atoms with E-state index in [0.29, 0.717) is 5.92 Å². The van der Waals surface area contributed by atoms with Crippen molar-refractivity contribution in [2.24, 2.45) is 5.92 Å². The Labute approximate surface area is 159 Å². The van der Waals surface area contributed by atoms with E-state index in [-0.39, 0.29) is 5.82 Å². The summed E-state index contributed by atoms with van der Waals surface area (Å²) in [4.78, 5) is 17.0. The number of piperidine rings is 1. The molecule has 27 heavy (non-hydrogen) atoms. The van der Waals surface area contributed by atoms with Gasteiger partial charge in [0.1, 0.15) is 17.5 Å². The zero-order valence-corrected chi connectivity index (χ0v) is 16.0. The number of nitrogens with one attached hydrogen (secondary N) is 1. The number of nitrogens with zero attached hydrogens (tertiary/aromatic N) is 4. The van der Waals surface area contributed by atoms with E-state index >= 15 is 0 Å². The standard InChI is InChI=1S/C21H26FN5/c1-26(2)21-16(6-3-9-23-21)14-27-10-4-5-15(13-27)11-20-24-18-8-7-17(22)12-19(18)25-20/h3,6-9,12,15H,4-5,10-11,13-14H2,1-2H3,(H,24,25). The zero-order chi connectivity index (χ0) is 18.8. The predicted molar refractivity (Wildman–Crippen MR) is 106 cm³/mol. The third-order valence-electron chi connectivity index (χ3n) is 5.26. The highest BCUT2D eigenvalue weighted by molar-refractivity contribution is 5.74. The van der Waals surface area contributed by atoms with Gasteiger partial charge in [0.15, 0.2) is 0 Å². The molecule has 0 bridgehead atoms. The van der Waals surface area contributed by atoms with Gasteiger partial charge in [-0.2, -0.15) is 0 Å². The minimum absolute atomic E-state index is 0.227. The number of likely N-dealkylation sites (tertiary alicyclic amines) is 1. The smallest absolute Gasteiger partial charge is 0.132 e. The third kappa shape index (κ3) is 4.11. The number of H-pyrrole nitrogens is 1. The highest BCUT2D eigenvalue weighted by atomic mass is 19.1. The minimum Gasteiger partial charge on any atom is -0.362 e. The van der Waals surface area contributed by atoms with E-state index in [1.54, 1.807) is 6.07 Å². The fraction of sp³-hybridized carbons (Fsp3) is 0.429. The van der Waals surface area contributed by atoms with Gasteiger partial charge in [0, 0.05) is 45.4 Å². The molecule has 3 heterocycles. The second-order valence-corrected chi connectivity index (χ2v) is 7.67. The first-order chi connectivity index (χ1) is 13.1. The van der Waals surface area contributed by atoms with Crippen LogP contribution in [0.15, 0.2) is 36.5 Å². The second kappa shape index (κ2) is 7.64. The molecule has 4 rings (SSSR count). The van der Waals surface area contributed by atoms with Crippen molar-refractivity contribution >= 4 is 16.9 Å². The number of hydrogen-bond acceptors (Lipinski definition) is 4. The molecular formula is C21H26FN5. The average molecular weight is 367 g/mol. The Kier molecular flexibility index (Phi) is 5.07. The van der Waals surface area contributed by atoms with Gasteiger partial charge in [-0.1, -0.05) is 6.07 Å². The summed E-state index contributed by atoms with van der Waals surface area (Å²) in [5.41, 5.74) is 2.89. The van der Waals surface area contributed by atoms with Crippen LogP contribution in [0.5, 0.6) is 0 Å². The summed E-state index contributed by atoms with van der Waals surface area (Å²) < 4.78 is 13.4. The van der Waals surface area contributed by atoms with Gasteiger partial charge in [-0.15, -0.1) is 0 Å². The maximum atomic E-state index is 13.4. The number of pyridine rings is 1. The molecule has 1 aliphatic rings. The van der Waals surface area contributed by atoms with Gasteiger partial charge in [-0.25, -0.2) is 14.4 Å². The molecule has 3 aromatic rings. The van der Waals surface area contributed by atoms with E-state index in [4.69, 9.17) is 0 Å². The molecule has 1 aromatic carbocycles. The monoisotopic (exact) mass is 367 g/mol. The van der Waals surface area contributed by atoms with Gasteiger partial charge in [-0.3, -0.25) is 4.90 Å². The summed E-state index contributed by atoms with van der Waals surface area (Å²) in [6.07, 6.45) is 5.15. The Bertz CT molecular complexity index is 920. The van der Waals surface area contributed by atoms with Gasteiger partial charge >= 0.3 is 0 Å². The van der Waals surface area contributed by atoms with E-state index in [9.17, 15) is 4.39 Å². The molecule has 1 aliphatic heterocycles. The summed E-state index contributed by atoms with van der Waals surface area (Å²) in [6, 6.07) is 8.90. The maximum Gasteiger partial charge on any atom is 0.132 e. The molecule has 6 heteroatoms. The first-order valence-electron chi connectivity index (χ1n) is 9.56. The van der Waals surface area contributed by atoms with E-state index < -0.39 is 0 Å². The highest BCUT2D eigenvalue weighted by Crippen LogP contribution is 2.24. The molecule has 0 radical (unpaired) electrons. The number of anilines is 1. The van der Waals surface area contributed by atoms with E-state index in [1.165, 1.54) is 30.5 Å². The molecular weight excluding hydrogens is 341 g/mol. The number of rotatable bonds is 5. The summed E-state index contributed by atoms with van der Waals surface area (Å²) in [5.74, 6) is 2.33. The molecule has 1 atom stereocenters. The van der Waals surface area contributed by atoms with Crippen LogP contribution in [0.2, 0.25) is 0 Å². The lowest BCUT2D eigenvalue weighted by Gasteiger charge is -2.33. The molecule has 2 aromatic heterocycles. The van der Waals surface area contributed by atoms with Gasteiger partial charge in [0.25, 0.3) is 0 Å². The number of imidazole rings is 1. The lowest BCUT2D eigenvalue weighted by Crippen LogP contribution is -2.36. The second-order valence-electron chi connectivity index (χ2n) is 7.67. The summed E-state index contributed by atoms with van der Waals surface area (Å²) >= 11 is 0. The first kappa shape index (κ1) is 17.9. The van der Waals surface area contributed by atoms with Crippen LogP contribution in [0, 0.1) is 11.7 Å². The van der Waals surface area contributed by atoms with E-state index in [0.717, 1.165) is 48.7 Å². The molecule has 0 amide bonds. The van der Waals surface area contributed by atoms with Crippen molar-refractivity contribution in [1.82, 2.24) is 19.9 Å². The molecule has 0 saturated carbocycles. The van der Waals surface area contributed by atoms with Crippen molar-refractivity contribution in [3.05, 3.63) is 53.7 Å². The van der Waals surface area contributed by atoms with Crippen LogP contribution in [-0.4, -0.2) is 47.0 Å². The van der Waals surface area contributed by atoms with Crippen molar-refractivity contribution < 1.29 is 4.39 Å². The quantitative estimate of drug-likeness (QED) is 0.748. The summed E-state index contributed by atoms with van der Waals surface area (Å²) in [6.45, 7) is 3.08. The third-order valence-corrected chi connectivity index (χ3v) is 5.26. The largest absolute Gasteiger partial charge is 0.362 e. The predicted octanol–water partition coefficient (Wildman–Crippen LogP) is 3.62. The van der Waals surface area contributed by atoms with Crippen molar-refractivity contribution in [2.75, 3.05) is 32.1 Å². The first-order valence-corrected chi connectivity index (χ1v) is 9.56. The molecule has 142 valence electrons. The van der Waals surface area contributed by atoms with Crippen LogP contribution in [0.25, 0.3) is 11.0 Å². The number of aromatic amines is 1. The minimum atomic E-state index is -0.227. The number of benzene rings is 1. The molecule has 0 aliphatic carbocycles. The Morgan fingerprint density at radius 2 is 2.19 bits per heavy atom. The van der Waals surface area contributed by atoms with Crippen LogP contribution in [0.4, 0.5) is 10.2 Å². The number of fused-ring (bicyclic) bond motifs is 1. The number of hydrogen-bond donors (Lipinski definition) is 1. The molecule has 1 N–H and O–H groups in total. The summed E-state index contributed by atoms with van der Waals surface area (Å²) in [5, 5.41) is 0. The highest BCUT2D eigenvalue weighted by Gasteiger charge is 2.22. The average Bonchev–Trinajstić information content (AvgIpc) is 3.03. The van der Waals surface area contributed by atoms with Crippen molar-refractivity contribution in [3.8, 4) is 0 Å². The normalized spacial score (nSPS) is 18.1. The fourth-order valence-corrected chi connectivity index (χ4v) is 4.06. The van der Waals surface area contributed by atoms with Crippen molar-refractivity contribution in [2.45, 2.75) is 25.8 Å². The van der Waals surface area contributed by atoms with Crippen LogP contribution < -0.4 is 4.90 Å². The Balaban J connectivity index is 1.43. The van der Waals surface area contributed by atoms with Crippen molar-refractivity contribution in [3.63, 3.8) is 0 Å². The van der Waals surface area contributed by atoms with E-state index in [1.807, 2.05) is 26.4 Å². The van der Waals surface area contributed by atoms with Crippen LogP contribution in [-0.2, 0) is 13.0 Å². The van der Waals surface area contributed by atoms with Crippen LogP contribution in [0.1, 0.15) is 24.2 Å². The Morgan fingerprint density at radius 3 is 3.04 bits per heavy atom. The van der Waals surface area contributed by atoms with Gasteiger partial charge in [0.05, 0.1) is 11.0 Å². The molecule has 1 saturated heterocycles. The SMILES string of the molecule is CN(C)c1ncccc1CN1CCCC(Cc2nc3ccc(F)cc3[nH]2)C1. The molecule has 0 spiro atoms. The van der Waals surface area contributed by atoms with Gasteiger partial charge < -0.3 is 9.88 Å². The van der Waals surface area contributed by atoms with Crippen molar-refractivity contribution in [1.29, 1.82) is 0 Å². The van der Waals surface area contributed by atoms with E-state index in [2.05, 4.69) is 30.8 Å². The Hall–Kier alpha value is -2.47. The van der Waals surface area contributed by atoms with Crippen LogP contribution in [0.3, 0.4) is 0 Å².